The molecule has 0 aliphatic rings. The monoisotopic (exact) mass is 233 g/mol. The summed E-state index contributed by atoms with van der Waals surface area (Å²) in [7, 11) is -9.58. The van der Waals surface area contributed by atoms with E-state index in [2.05, 4.69) is 0 Å². The molecule has 0 saturated heterocycles. The molecule has 0 saturated carbocycles. The fourth-order valence-electron chi connectivity index (χ4n) is 1.05. The predicted octanol–water partition coefficient (Wildman–Crippen LogP) is 3.80. The highest BCUT2D eigenvalue weighted by Gasteiger charge is 2.66. The van der Waals surface area contributed by atoms with Gasteiger partial charge in [0.15, 0.2) is 0 Å². The first-order valence-electron chi connectivity index (χ1n) is 3.56. The van der Waals surface area contributed by atoms with Crippen molar-refractivity contribution in [3.05, 3.63) is 29.8 Å². The molecule has 0 fully saturated rings. The molecule has 1 aromatic rings. The molecule has 0 heterocycles. The second kappa shape index (κ2) is 2.40. The highest BCUT2D eigenvalue weighted by molar-refractivity contribution is 8.45. The van der Waals surface area contributed by atoms with Gasteiger partial charge in [-0.05, 0) is 11.6 Å². The molecule has 0 aliphatic heterocycles. The Morgan fingerprint density at radius 3 is 1.86 bits per heavy atom. The van der Waals surface area contributed by atoms with E-state index in [1.54, 1.807) is 0 Å². The van der Waals surface area contributed by atoms with Gasteiger partial charge in [0.25, 0.3) is 0 Å². The van der Waals surface area contributed by atoms with Gasteiger partial charge in [0.2, 0.25) is 0 Å². The van der Waals surface area contributed by atoms with Gasteiger partial charge in [0.05, 0.1) is 0 Å². The van der Waals surface area contributed by atoms with Crippen molar-refractivity contribution in [1.29, 1.82) is 0 Å². The quantitative estimate of drug-likeness (QED) is 0.772. The fourth-order valence-corrected chi connectivity index (χ4v) is 2.03. The Morgan fingerprint density at radius 2 is 1.50 bits per heavy atom. The minimum Gasteiger partial charge on any atom is -0.326 e. The van der Waals surface area contributed by atoms with Crippen molar-refractivity contribution < 1.29 is 19.4 Å². The van der Waals surface area contributed by atoms with Gasteiger partial charge in [-0.2, -0.15) is 0 Å². The van der Waals surface area contributed by atoms with Crippen LogP contribution in [0.2, 0.25) is 0 Å². The summed E-state index contributed by atoms with van der Waals surface area (Å²) in [6.45, 7) is -0.568. The van der Waals surface area contributed by atoms with Gasteiger partial charge in [-0.1, -0.05) is 37.6 Å². The first-order chi connectivity index (χ1) is 6.04. The van der Waals surface area contributed by atoms with Gasteiger partial charge < -0.3 is 5.73 Å². The minimum atomic E-state index is -9.58. The summed E-state index contributed by atoms with van der Waals surface area (Å²) in [4.78, 5) is -1.89. The van der Waals surface area contributed by atoms with E-state index in [4.69, 9.17) is 5.73 Å². The van der Waals surface area contributed by atoms with Crippen molar-refractivity contribution in [1.82, 2.24) is 0 Å². The van der Waals surface area contributed by atoms with Crippen molar-refractivity contribution >= 4 is 10.2 Å². The average molecular weight is 233 g/mol. The van der Waals surface area contributed by atoms with E-state index in [9.17, 15) is 19.4 Å². The van der Waals surface area contributed by atoms with Crippen LogP contribution in [0.3, 0.4) is 0 Å². The van der Waals surface area contributed by atoms with Crippen LogP contribution in [-0.4, -0.2) is 0 Å². The Labute approximate surface area is 77.4 Å². The summed E-state index contributed by atoms with van der Waals surface area (Å²) in [6.07, 6.45) is 0. The van der Waals surface area contributed by atoms with E-state index in [1.165, 1.54) is 6.07 Å². The molecule has 14 heavy (non-hydrogen) atoms. The second-order valence-corrected chi connectivity index (χ2v) is 5.16. The van der Waals surface area contributed by atoms with E-state index < -0.39 is 27.2 Å². The maximum absolute atomic E-state index is 12.3. The number of nitrogens with two attached hydrogens (primary N) is 1. The van der Waals surface area contributed by atoms with Crippen LogP contribution in [0.1, 0.15) is 5.56 Å². The maximum atomic E-state index is 12.3. The minimum absolute atomic E-state index is 0.351. The zero-order valence-corrected chi connectivity index (χ0v) is 7.71. The molecule has 0 radical (unpaired) electrons. The van der Waals surface area contributed by atoms with E-state index >= 15 is 0 Å². The van der Waals surface area contributed by atoms with Crippen LogP contribution in [0.25, 0.3) is 0 Å². The first kappa shape index (κ1) is 11.3. The molecule has 1 aromatic carbocycles. The van der Waals surface area contributed by atoms with E-state index in [1.807, 2.05) is 0 Å². The van der Waals surface area contributed by atoms with Crippen LogP contribution in [-0.2, 0) is 6.54 Å². The molecule has 0 aromatic heterocycles. The van der Waals surface area contributed by atoms with Gasteiger partial charge in [-0.3, -0.25) is 0 Å². The average Bonchev–Trinajstić information content (AvgIpc) is 2.00. The summed E-state index contributed by atoms with van der Waals surface area (Å²) in [6, 6.07) is 3.43. The molecule has 0 aliphatic carbocycles. The van der Waals surface area contributed by atoms with Crippen LogP contribution < -0.4 is 5.73 Å². The van der Waals surface area contributed by atoms with Crippen molar-refractivity contribution in [2.24, 2.45) is 5.73 Å². The third-order valence-electron chi connectivity index (χ3n) is 1.61. The summed E-state index contributed by atoms with van der Waals surface area (Å²) in [5, 5.41) is 0. The van der Waals surface area contributed by atoms with Crippen molar-refractivity contribution in [3.63, 3.8) is 0 Å². The SMILES string of the molecule is NCc1ccccc1S(F)(F)(F)(F)F. The third-order valence-corrected chi connectivity index (χ3v) is 2.84. The van der Waals surface area contributed by atoms with Crippen molar-refractivity contribution in [3.8, 4) is 0 Å². The lowest BCUT2D eigenvalue weighted by Gasteiger charge is -2.41. The highest BCUT2D eigenvalue weighted by atomic mass is 32.5. The van der Waals surface area contributed by atoms with E-state index in [0.29, 0.717) is 6.07 Å². The fraction of sp³-hybridized carbons (Fsp3) is 0.143. The Morgan fingerprint density at radius 1 is 1.00 bits per heavy atom. The second-order valence-electron chi connectivity index (χ2n) is 2.78. The Kier molecular flexibility index (Phi) is 1.93. The summed E-state index contributed by atoms with van der Waals surface area (Å²) < 4.78 is 61.7. The number of halogens is 5. The molecule has 0 amide bonds. The van der Waals surface area contributed by atoms with Crippen LogP contribution in [0.4, 0.5) is 19.4 Å². The lowest BCUT2D eigenvalue weighted by atomic mass is 10.2. The molecule has 1 rings (SSSR count). The lowest BCUT2D eigenvalue weighted by molar-refractivity contribution is 0.362. The first-order valence-corrected chi connectivity index (χ1v) is 5.52. The lowest BCUT2D eigenvalue weighted by Crippen LogP contribution is -2.11. The summed E-state index contributed by atoms with van der Waals surface area (Å²) >= 11 is 0. The number of benzene rings is 1. The molecule has 2 N–H and O–H groups in total. The van der Waals surface area contributed by atoms with Gasteiger partial charge in [0.1, 0.15) is 4.90 Å². The highest BCUT2D eigenvalue weighted by Crippen LogP contribution is 3.02. The topological polar surface area (TPSA) is 26.0 Å². The Balaban J connectivity index is 3.49. The molecule has 82 valence electrons. The Hall–Kier alpha value is -0.820. The van der Waals surface area contributed by atoms with E-state index in [0.717, 1.165) is 12.1 Å². The van der Waals surface area contributed by atoms with Gasteiger partial charge in [-0.25, -0.2) is 0 Å². The zero-order chi connectivity index (χ0) is 11.1. The molecular weight excluding hydrogens is 225 g/mol. The smallest absolute Gasteiger partial charge is 0.310 e. The number of hydrogen-bond acceptors (Lipinski definition) is 1. The maximum Gasteiger partial charge on any atom is 0.310 e. The third kappa shape index (κ3) is 2.36. The van der Waals surface area contributed by atoms with Crippen LogP contribution in [0, 0.1) is 0 Å². The molecular formula is C7H8F5NS. The largest absolute Gasteiger partial charge is 0.326 e. The summed E-state index contributed by atoms with van der Waals surface area (Å²) in [5.74, 6) is 0. The molecule has 0 atom stereocenters. The predicted molar refractivity (Wildman–Crippen MR) is 45.7 cm³/mol. The standard InChI is InChI=1S/C7H8F5NS/c8-14(9,10,11,12)7-4-2-1-3-6(7)5-13/h1-4H,5,13H2. The molecule has 0 spiro atoms. The molecule has 0 bridgehead atoms. The molecule has 1 nitrogen and oxygen atoms in total. The van der Waals surface area contributed by atoms with Crippen LogP contribution in [0.15, 0.2) is 29.2 Å². The van der Waals surface area contributed by atoms with Gasteiger partial charge >= 0.3 is 10.2 Å². The molecule has 0 unspecified atom stereocenters. The normalized spacial score (nSPS) is 17.3. The number of hydrogen-bond donors (Lipinski definition) is 1. The van der Waals surface area contributed by atoms with Crippen LogP contribution in [0.5, 0.6) is 0 Å². The van der Waals surface area contributed by atoms with Crippen molar-refractivity contribution in [2.75, 3.05) is 0 Å². The zero-order valence-electron chi connectivity index (χ0n) is 6.89. The summed E-state index contributed by atoms with van der Waals surface area (Å²) in [5.41, 5.74) is 4.36. The van der Waals surface area contributed by atoms with E-state index in [-0.39, 0.29) is 0 Å². The Bertz CT molecular complexity index is 357. The van der Waals surface area contributed by atoms with Gasteiger partial charge in [0, 0.05) is 6.54 Å². The van der Waals surface area contributed by atoms with Gasteiger partial charge in [-0.15, -0.1) is 0 Å². The molecule has 7 heteroatoms. The number of rotatable bonds is 2. The van der Waals surface area contributed by atoms with Crippen LogP contribution >= 0.6 is 10.2 Å². The van der Waals surface area contributed by atoms with Crippen molar-refractivity contribution in [2.45, 2.75) is 11.4 Å².